The van der Waals surface area contributed by atoms with Crippen LogP contribution in [-0.2, 0) is 0 Å². The molecule has 1 aromatic rings. The molecule has 4 N–H and O–H groups in total. The number of aliphatic hydroxyl groups is 1. The predicted molar refractivity (Wildman–Crippen MR) is 65.3 cm³/mol. The number of benzene rings is 1. The normalized spacial score (nSPS) is 10.3. The Morgan fingerprint density at radius 2 is 2.07 bits per heavy atom. The molecule has 0 aliphatic rings. The first-order valence-corrected chi connectivity index (χ1v) is 5.51. The van der Waals surface area contributed by atoms with E-state index >= 15 is 0 Å². The minimum Gasteiger partial charge on any atom is -0.397 e. The van der Waals surface area contributed by atoms with E-state index in [2.05, 4.69) is 5.32 Å². The van der Waals surface area contributed by atoms with Crippen molar-refractivity contribution in [3.63, 3.8) is 0 Å². The highest BCUT2D eigenvalue weighted by Crippen LogP contribution is 2.22. The fourth-order valence-corrected chi connectivity index (χ4v) is 1.51. The molecule has 0 saturated heterocycles. The second kappa shape index (κ2) is 6.53. The average molecular weight is 229 g/mol. The van der Waals surface area contributed by atoms with Crippen LogP contribution in [0.25, 0.3) is 0 Å². The van der Waals surface area contributed by atoms with Gasteiger partial charge in [-0.25, -0.2) is 0 Å². The quantitative estimate of drug-likeness (QED) is 0.518. The summed E-state index contributed by atoms with van der Waals surface area (Å²) in [5.74, 6) is 0. The maximum absolute atomic E-state index is 8.60. The lowest BCUT2D eigenvalue weighted by Gasteiger charge is -2.09. The van der Waals surface area contributed by atoms with Gasteiger partial charge in [0, 0.05) is 18.2 Å². The van der Waals surface area contributed by atoms with Crippen molar-refractivity contribution in [1.29, 1.82) is 0 Å². The van der Waals surface area contributed by atoms with Crippen molar-refractivity contribution >= 4 is 23.0 Å². The molecule has 1 rings (SSSR count). The van der Waals surface area contributed by atoms with E-state index < -0.39 is 0 Å². The molecule has 1 aromatic carbocycles. The van der Waals surface area contributed by atoms with Crippen molar-refractivity contribution < 1.29 is 5.11 Å². The molecule has 0 fully saturated rings. The maximum atomic E-state index is 8.60. The second-order valence-corrected chi connectivity index (χ2v) is 3.88. The van der Waals surface area contributed by atoms with Gasteiger partial charge in [-0.05, 0) is 37.5 Å². The van der Waals surface area contributed by atoms with Crippen LogP contribution < -0.4 is 11.1 Å². The lowest BCUT2D eigenvalue weighted by atomic mass is 10.2. The fraction of sp³-hybridized carbons (Fsp3) is 0.455. The lowest BCUT2D eigenvalue weighted by molar-refractivity contribution is 0.283. The summed E-state index contributed by atoms with van der Waals surface area (Å²) >= 11 is 5.78. The van der Waals surface area contributed by atoms with Crippen LogP contribution in [0.1, 0.15) is 19.3 Å². The van der Waals surface area contributed by atoms with E-state index in [1.54, 1.807) is 6.07 Å². The van der Waals surface area contributed by atoms with Gasteiger partial charge in [-0.1, -0.05) is 11.6 Å². The molecule has 0 unspecified atom stereocenters. The van der Waals surface area contributed by atoms with Crippen molar-refractivity contribution in [2.24, 2.45) is 0 Å². The molecule has 84 valence electrons. The SMILES string of the molecule is Nc1cc(Cl)ccc1NCCCCCO. The monoisotopic (exact) mass is 228 g/mol. The van der Waals surface area contributed by atoms with Gasteiger partial charge in [0.15, 0.2) is 0 Å². The van der Waals surface area contributed by atoms with Gasteiger partial charge in [0.05, 0.1) is 11.4 Å². The van der Waals surface area contributed by atoms with Crippen LogP contribution >= 0.6 is 11.6 Å². The highest BCUT2D eigenvalue weighted by molar-refractivity contribution is 6.31. The van der Waals surface area contributed by atoms with Crippen LogP contribution in [0.15, 0.2) is 18.2 Å². The first-order valence-electron chi connectivity index (χ1n) is 5.14. The fourth-order valence-electron chi connectivity index (χ4n) is 1.33. The number of aliphatic hydroxyl groups excluding tert-OH is 1. The largest absolute Gasteiger partial charge is 0.397 e. The molecular formula is C11H17ClN2O. The summed E-state index contributed by atoms with van der Waals surface area (Å²) < 4.78 is 0. The highest BCUT2D eigenvalue weighted by atomic mass is 35.5. The predicted octanol–water partition coefficient (Wildman–Crippen LogP) is 2.50. The molecule has 0 aliphatic heterocycles. The molecule has 0 atom stereocenters. The first-order chi connectivity index (χ1) is 7.24. The van der Waals surface area contributed by atoms with E-state index in [4.69, 9.17) is 22.4 Å². The lowest BCUT2D eigenvalue weighted by Crippen LogP contribution is -2.04. The Morgan fingerprint density at radius 1 is 1.27 bits per heavy atom. The zero-order valence-corrected chi connectivity index (χ0v) is 9.43. The van der Waals surface area contributed by atoms with Gasteiger partial charge < -0.3 is 16.2 Å². The summed E-state index contributed by atoms with van der Waals surface area (Å²) in [4.78, 5) is 0. The zero-order valence-electron chi connectivity index (χ0n) is 8.67. The molecule has 0 heterocycles. The molecule has 0 saturated carbocycles. The second-order valence-electron chi connectivity index (χ2n) is 3.44. The third-order valence-corrected chi connectivity index (χ3v) is 2.40. The zero-order chi connectivity index (χ0) is 11.1. The van der Waals surface area contributed by atoms with Crippen molar-refractivity contribution in [3.8, 4) is 0 Å². The Hall–Kier alpha value is -0.930. The van der Waals surface area contributed by atoms with E-state index in [1.165, 1.54) is 0 Å². The van der Waals surface area contributed by atoms with Crippen molar-refractivity contribution in [2.45, 2.75) is 19.3 Å². The number of anilines is 2. The number of nitrogen functional groups attached to an aromatic ring is 1. The van der Waals surface area contributed by atoms with E-state index in [1.807, 2.05) is 12.1 Å². The Morgan fingerprint density at radius 3 is 2.73 bits per heavy atom. The van der Waals surface area contributed by atoms with E-state index in [-0.39, 0.29) is 6.61 Å². The Balaban J connectivity index is 2.31. The summed E-state index contributed by atoms with van der Waals surface area (Å²) in [5, 5.41) is 12.5. The number of rotatable bonds is 6. The number of nitrogens with two attached hydrogens (primary N) is 1. The highest BCUT2D eigenvalue weighted by Gasteiger charge is 1.98. The van der Waals surface area contributed by atoms with Crippen LogP contribution in [0, 0.1) is 0 Å². The van der Waals surface area contributed by atoms with Gasteiger partial charge in [-0.2, -0.15) is 0 Å². The third-order valence-electron chi connectivity index (χ3n) is 2.16. The van der Waals surface area contributed by atoms with Crippen LogP contribution in [0.2, 0.25) is 5.02 Å². The van der Waals surface area contributed by atoms with E-state index in [9.17, 15) is 0 Å². The van der Waals surface area contributed by atoms with Gasteiger partial charge in [0.2, 0.25) is 0 Å². The maximum Gasteiger partial charge on any atom is 0.0574 e. The molecule has 0 amide bonds. The Bertz CT molecular complexity index is 305. The van der Waals surface area contributed by atoms with Crippen LogP contribution in [0.4, 0.5) is 11.4 Å². The molecule has 0 aromatic heterocycles. The molecule has 15 heavy (non-hydrogen) atoms. The Kier molecular flexibility index (Phi) is 5.29. The number of unbranched alkanes of at least 4 members (excludes halogenated alkanes) is 2. The number of nitrogens with one attached hydrogen (secondary N) is 1. The van der Waals surface area contributed by atoms with Gasteiger partial charge in [-0.3, -0.25) is 0 Å². The first kappa shape index (κ1) is 12.1. The summed E-state index contributed by atoms with van der Waals surface area (Å²) in [7, 11) is 0. The third kappa shape index (κ3) is 4.40. The molecular weight excluding hydrogens is 212 g/mol. The molecule has 0 bridgehead atoms. The van der Waals surface area contributed by atoms with E-state index in [0.717, 1.165) is 31.5 Å². The number of hydrogen-bond acceptors (Lipinski definition) is 3. The Labute approximate surface area is 95.2 Å². The van der Waals surface area contributed by atoms with Crippen molar-refractivity contribution in [3.05, 3.63) is 23.2 Å². The van der Waals surface area contributed by atoms with Crippen LogP contribution in [-0.4, -0.2) is 18.3 Å². The molecule has 4 heteroatoms. The minimum atomic E-state index is 0.267. The van der Waals surface area contributed by atoms with Gasteiger partial charge in [0.25, 0.3) is 0 Å². The van der Waals surface area contributed by atoms with Crippen LogP contribution in [0.3, 0.4) is 0 Å². The van der Waals surface area contributed by atoms with Crippen molar-refractivity contribution in [1.82, 2.24) is 0 Å². The molecule has 3 nitrogen and oxygen atoms in total. The van der Waals surface area contributed by atoms with Gasteiger partial charge in [-0.15, -0.1) is 0 Å². The van der Waals surface area contributed by atoms with Crippen LogP contribution in [0.5, 0.6) is 0 Å². The summed E-state index contributed by atoms with van der Waals surface area (Å²) in [6.45, 7) is 1.13. The molecule has 0 spiro atoms. The average Bonchev–Trinajstić information content (AvgIpc) is 2.20. The topological polar surface area (TPSA) is 58.3 Å². The van der Waals surface area contributed by atoms with Gasteiger partial charge >= 0.3 is 0 Å². The summed E-state index contributed by atoms with van der Waals surface area (Å²) in [6.07, 6.45) is 2.91. The summed E-state index contributed by atoms with van der Waals surface area (Å²) in [5.41, 5.74) is 7.37. The number of hydrogen-bond donors (Lipinski definition) is 3. The number of halogens is 1. The standard InChI is InChI=1S/C11H17ClN2O/c12-9-4-5-11(10(13)8-9)14-6-2-1-3-7-15/h4-5,8,14-15H,1-3,6-7,13H2. The smallest absolute Gasteiger partial charge is 0.0574 e. The van der Waals surface area contributed by atoms with E-state index in [0.29, 0.717) is 10.7 Å². The minimum absolute atomic E-state index is 0.267. The molecule has 0 aliphatic carbocycles. The summed E-state index contributed by atoms with van der Waals surface area (Å²) in [6, 6.07) is 5.43. The molecule has 0 radical (unpaired) electrons. The van der Waals surface area contributed by atoms with Crippen molar-refractivity contribution in [2.75, 3.05) is 24.2 Å². The van der Waals surface area contributed by atoms with Gasteiger partial charge in [0.1, 0.15) is 0 Å².